The topological polar surface area (TPSA) is 53.7 Å². The van der Waals surface area contributed by atoms with Crippen LogP contribution in [0.4, 0.5) is 0 Å². The van der Waals surface area contributed by atoms with E-state index in [1.165, 1.54) is 25.4 Å². The molecule has 0 aliphatic heterocycles. The van der Waals surface area contributed by atoms with Gasteiger partial charge in [0, 0.05) is 12.6 Å². The Labute approximate surface area is 94.9 Å². The number of aliphatic hydroxyl groups excluding tert-OH is 1. The Morgan fingerprint density at radius 1 is 1.50 bits per heavy atom. The van der Waals surface area contributed by atoms with E-state index >= 15 is 0 Å². The van der Waals surface area contributed by atoms with Gasteiger partial charge in [-0.3, -0.25) is 4.79 Å². The molecule has 1 aromatic rings. The van der Waals surface area contributed by atoms with Crippen molar-refractivity contribution in [1.29, 1.82) is 0 Å². The molecular formula is C12H17NO3. The summed E-state index contributed by atoms with van der Waals surface area (Å²) < 4.78 is 4.92. The molecular weight excluding hydrogens is 206 g/mol. The molecule has 1 heterocycles. The van der Waals surface area contributed by atoms with Gasteiger partial charge in [-0.05, 0) is 18.9 Å². The highest BCUT2D eigenvalue weighted by atomic mass is 16.3. The maximum atomic E-state index is 12.1. The lowest BCUT2D eigenvalue weighted by Crippen LogP contribution is -2.40. The van der Waals surface area contributed by atoms with Crippen LogP contribution in [-0.4, -0.2) is 35.1 Å². The summed E-state index contributed by atoms with van der Waals surface area (Å²) in [4.78, 5) is 13.9. The lowest BCUT2D eigenvalue weighted by atomic mass is 10.2. The molecule has 0 unspecified atom stereocenters. The van der Waals surface area contributed by atoms with Gasteiger partial charge in [0.25, 0.3) is 5.91 Å². The minimum Gasteiger partial charge on any atom is -0.472 e. The second-order valence-electron chi connectivity index (χ2n) is 4.17. The van der Waals surface area contributed by atoms with Gasteiger partial charge in [-0.1, -0.05) is 12.8 Å². The van der Waals surface area contributed by atoms with E-state index in [0.29, 0.717) is 12.1 Å². The molecule has 16 heavy (non-hydrogen) atoms. The van der Waals surface area contributed by atoms with Crippen LogP contribution in [0, 0.1) is 0 Å². The summed E-state index contributed by atoms with van der Waals surface area (Å²) in [7, 11) is 0. The van der Waals surface area contributed by atoms with Crippen LogP contribution in [-0.2, 0) is 0 Å². The molecule has 0 bridgehead atoms. The predicted octanol–water partition coefficient (Wildman–Crippen LogP) is 1.66. The average molecular weight is 223 g/mol. The Morgan fingerprint density at radius 3 is 2.81 bits per heavy atom. The smallest absolute Gasteiger partial charge is 0.257 e. The van der Waals surface area contributed by atoms with Crippen LogP contribution in [0.25, 0.3) is 0 Å². The Bertz CT molecular complexity index is 328. The van der Waals surface area contributed by atoms with Crippen molar-refractivity contribution in [3.8, 4) is 0 Å². The van der Waals surface area contributed by atoms with Crippen molar-refractivity contribution < 1.29 is 14.3 Å². The van der Waals surface area contributed by atoms with Gasteiger partial charge < -0.3 is 14.4 Å². The third-order valence-electron chi connectivity index (χ3n) is 3.14. The lowest BCUT2D eigenvalue weighted by molar-refractivity contribution is 0.0637. The maximum Gasteiger partial charge on any atom is 0.257 e. The van der Waals surface area contributed by atoms with Crippen LogP contribution in [0.1, 0.15) is 36.0 Å². The van der Waals surface area contributed by atoms with Crippen LogP contribution >= 0.6 is 0 Å². The number of carbonyl (C=O) groups excluding carboxylic acids is 1. The van der Waals surface area contributed by atoms with E-state index in [0.717, 1.165) is 12.8 Å². The van der Waals surface area contributed by atoms with Crippen LogP contribution < -0.4 is 0 Å². The maximum absolute atomic E-state index is 12.1. The van der Waals surface area contributed by atoms with Gasteiger partial charge in [0.15, 0.2) is 0 Å². The standard InChI is InChI=1S/C12H17NO3/c14-7-6-13(11-3-1-2-4-11)12(15)10-5-8-16-9-10/h5,8-9,11,14H,1-4,6-7H2. The molecule has 2 rings (SSSR count). The number of amides is 1. The number of furan rings is 1. The zero-order valence-electron chi connectivity index (χ0n) is 9.26. The summed E-state index contributed by atoms with van der Waals surface area (Å²) in [5, 5.41) is 9.03. The molecule has 4 nitrogen and oxygen atoms in total. The predicted molar refractivity (Wildman–Crippen MR) is 59.1 cm³/mol. The molecule has 1 aromatic heterocycles. The van der Waals surface area contributed by atoms with Crippen molar-refractivity contribution in [2.45, 2.75) is 31.7 Å². The van der Waals surface area contributed by atoms with Crippen molar-refractivity contribution in [3.63, 3.8) is 0 Å². The molecule has 1 aliphatic carbocycles. The highest BCUT2D eigenvalue weighted by Gasteiger charge is 2.27. The first-order valence-electron chi connectivity index (χ1n) is 5.77. The first kappa shape index (κ1) is 11.2. The van der Waals surface area contributed by atoms with Crippen LogP contribution in [0.3, 0.4) is 0 Å². The molecule has 88 valence electrons. The van der Waals surface area contributed by atoms with Crippen molar-refractivity contribution in [1.82, 2.24) is 4.90 Å². The number of hydrogen-bond donors (Lipinski definition) is 1. The summed E-state index contributed by atoms with van der Waals surface area (Å²) >= 11 is 0. The Kier molecular flexibility index (Phi) is 3.62. The van der Waals surface area contributed by atoms with E-state index in [4.69, 9.17) is 9.52 Å². The minimum absolute atomic E-state index is 0.0140. The third kappa shape index (κ3) is 2.27. The van der Waals surface area contributed by atoms with Crippen molar-refractivity contribution in [2.24, 2.45) is 0 Å². The fourth-order valence-electron chi connectivity index (χ4n) is 2.33. The van der Waals surface area contributed by atoms with Crippen LogP contribution in [0.5, 0.6) is 0 Å². The molecule has 0 aromatic carbocycles. The van der Waals surface area contributed by atoms with E-state index in [1.807, 2.05) is 0 Å². The largest absolute Gasteiger partial charge is 0.472 e. The quantitative estimate of drug-likeness (QED) is 0.844. The summed E-state index contributed by atoms with van der Waals surface area (Å²) in [6.45, 7) is 0.425. The Morgan fingerprint density at radius 2 is 2.25 bits per heavy atom. The third-order valence-corrected chi connectivity index (χ3v) is 3.14. The number of carbonyl (C=O) groups is 1. The van der Waals surface area contributed by atoms with Gasteiger partial charge >= 0.3 is 0 Å². The molecule has 0 atom stereocenters. The van der Waals surface area contributed by atoms with Crippen LogP contribution in [0.15, 0.2) is 23.0 Å². The summed E-state index contributed by atoms with van der Waals surface area (Å²) in [6, 6.07) is 1.95. The van der Waals surface area contributed by atoms with E-state index in [2.05, 4.69) is 0 Å². The van der Waals surface area contributed by atoms with E-state index in [1.54, 1.807) is 11.0 Å². The number of aliphatic hydroxyl groups is 1. The number of rotatable bonds is 4. The molecule has 1 N–H and O–H groups in total. The van der Waals surface area contributed by atoms with E-state index in [-0.39, 0.29) is 18.6 Å². The molecule has 0 radical (unpaired) electrons. The first-order chi connectivity index (χ1) is 7.83. The van der Waals surface area contributed by atoms with Gasteiger partial charge in [0.05, 0.1) is 18.4 Å². The zero-order chi connectivity index (χ0) is 11.4. The molecule has 1 amide bonds. The summed E-state index contributed by atoms with van der Waals surface area (Å²) in [5.74, 6) is -0.0327. The number of nitrogens with zero attached hydrogens (tertiary/aromatic N) is 1. The van der Waals surface area contributed by atoms with Gasteiger partial charge in [0.1, 0.15) is 6.26 Å². The van der Waals surface area contributed by atoms with Gasteiger partial charge in [-0.2, -0.15) is 0 Å². The zero-order valence-corrected chi connectivity index (χ0v) is 9.26. The lowest BCUT2D eigenvalue weighted by Gasteiger charge is -2.27. The monoisotopic (exact) mass is 223 g/mol. The first-order valence-corrected chi connectivity index (χ1v) is 5.77. The van der Waals surface area contributed by atoms with Crippen molar-refractivity contribution in [3.05, 3.63) is 24.2 Å². The summed E-state index contributed by atoms with van der Waals surface area (Å²) in [6.07, 6.45) is 7.39. The molecule has 0 saturated heterocycles. The molecule has 4 heteroatoms. The summed E-state index contributed by atoms with van der Waals surface area (Å²) in [5.41, 5.74) is 0.570. The minimum atomic E-state index is -0.0327. The Hall–Kier alpha value is -1.29. The molecule has 1 saturated carbocycles. The van der Waals surface area contributed by atoms with Gasteiger partial charge in [-0.25, -0.2) is 0 Å². The SMILES string of the molecule is O=C(c1ccoc1)N(CCO)C1CCCC1. The molecule has 0 spiro atoms. The Balaban J connectivity index is 2.09. The average Bonchev–Trinajstić information content (AvgIpc) is 2.96. The van der Waals surface area contributed by atoms with E-state index < -0.39 is 0 Å². The van der Waals surface area contributed by atoms with E-state index in [9.17, 15) is 4.79 Å². The highest BCUT2D eigenvalue weighted by Crippen LogP contribution is 2.24. The van der Waals surface area contributed by atoms with Crippen LogP contribution in [0.2, 0.25) is 0 Å². The second-order valence-corrected chi connectivity index (χ2v) is 4.17. The normalized spacial score (nSPS) is 16.6. The fraction of sp³-hybridized carbons (Fsp3) is 0.583. The van der Waals surface area contributed by atoms with Gasteiger partial charge in [0.2, 0.25) is 0 Å². The van der Waals surface area contributed by atoms with Crippen molar-refractivity contribution in [2.75, 3.05) is 13.2 Å². The highest BCUT2D eigenvalue weighted by molar-refractivity contribution is 5.94. The van der Waals surface area contributed by atoms with Crippen molar-refractivity contribution >= 4 is 5.91 Å². The molecule has 1 fully saturated rings. The second kappa shape index (κ2) is 5.16. The van der Waals surface area contributed by atoms with Gasteiger partial charge in [-0.15, -0.1) is 0 Å². The molecule has 1 aliphatic rings. The fourth-order valence-corrected chi connectivity index (χ4v) is 2.33. The number of hydrogen-bond acceptors (Lipinski definition) is 3.